The molecule has 278 valence electrons. The molecule has 2 aromatic carbocycles. The summed E-state index contributed by atoms with van der Waals surface area (Å²) in [6.45, 7) is 4.50. The molecule has 12 nitrogen and oxygen atoms in total. The number of nitrogens with one attached hydrogen (secondary N) is 3. The van der Waals surface area contributed by atoms with Gasteiger partial charge in [-0.25, -0.2) is 9.97 Å². The lowest BCUT2D eigenvalue weighted by molar-refractivity contribution is -0.121. The second-order valence-electron chi connectivity index (χ2n) is 14.7. The Morgan fingerprint density at radius 3 is 1.63 bits per heavy atom. The van der Waals surface area contributed by atoms with Crippen LogP contribution < -0.4 is 25.4 Å². The smallest absolute Gasteiger partial charge is 0.220 e. The molecule has 8 rings (SSSR count). The summed E-state index contributed by atoms with van der Waals surface area (Å²) in [6.07, 6.45) is 2.87. The fourth-order valence-corrected chi connectivity index (χ4v) is 8.84. The Bertz CT molecular complexity index is 2160. The maximum Gasteiger partial charge on any atom is 0.220 e. The van der Waals surface area contributed by atoms with Gasteiger partial charge < -0.3 is 20.1 Å². The molecule has 0 aliphatic carbocycles. The largest absolute Gasteiger partial charge is 0.462 e. The zero-order valence-corrected chi connectivity index (χ0v) is 31.4. The van der Waals surface area contributed by atoms with Crippen molar-refractivity contribution in [2.24, 2.45) is 0 Å². The summed E-state index contributed by atoms with van der Waals surface area (Å²) in [5.41, 5.74) is 5.69. The van der Waals surface area contributed by atoms with Gasteiger partial charge >= 0.3 is 0 Å². The van der Waals surface area contributed by atoms with Crippen LogP contribution in [0, 0.1) is 11.3 Å². The Balaban J connectivity index is 1.04. The van der Waals surface area contributed by atoms with Crippen molar-refractivity contribution in [2.75, 3.05) is 46.6 Å². The van der Waals surface area contributed by atoms with Gasteiger partial charge in [0, 0.05) is 85.5 Å². The summed E-state index contributed by atoms with van der Waals surface area (Å²) in [6, 6.07) is 21.4. The summed E-state index contributed by atoms with van der Waals surface area (Å²) >= 11 is 14.3. The molecule has 14 heteroatoms. The van der Waals surface area contributed by atoms with Gasteiger partial charge in [-0.2, -0.15) is 5.26 Å². The van der Waals surface area contributed by atoms with Crippen molar-refractivity contribution in [3.63, 3.8) is 0 Å². The Hall–Kier alpha value is -4.77. The summed E-state index contributed by atoms with van der Waals surface area (Å²) in [5, 5.41) is 19.5. The van der Waals surface area contributed by atoms with Gasteiger partial charge in [0.05, 0.1) is 32.5 Å². The summed E-state index contributed by atoms with van der Waals surface area (Å²) in [4.78, 5) is 37.9. The van der Waals surface area contributed by atoms with Crippen molar-refractivity contribution in [1.82, 2.24) is 35.7 Å². The zero-order valence-electron chi connectivity index (χ0n) is 29.9. The highest BCUT2D eigenvalue weighted by Crippen LogP contribution is 2.43. The van der Waals surface area contributed by atoms with E-state index >= 15 is 0 Å². The Morgan fingerprint density at radius 1 is 0.741 bits per heavy atom. The molecule has 6 heterocycles. The average molecular weight is 768 g/mol. The summed E-state index contributed by atoms with van der Waals surface area (Å²) < 4.78 is 11.9. The predicted octanol–water partition coefficient (Wildman–Crippen LogP) is 5.17. The molecular formula is C40H40Cl2N8O4. The first-order valence-electron chi connectivity index (χ1n) is 18.1. The molecule has 4 aliphatic heterocycles. The fourth-order valence-electron chi connectivity index (χ4n) is 8.19. The van der Waals surface area contributed by atoms with E-state index in [9.17, 15) is 14.9 Å². The molecule has 4 saturated heterocycles. The van der Waals surface area contributed by atoms with Crippen LogP contribution in [0.1, 0.15) is 36.8 Å². The number of hydrogen-bond donors (Lipinski definition) is 3. The Kier molecular flexibility index (Phi) is 9.93. The molecule has 4 fully saturated rings. The van der Waals surface area contributed by atoms with Crippen molar-refractivity contribution in [1.29, 1.82) is 5.26 Å². The number of likely N-dealkylation sites (tertiary alicyclic amines) is 2. The van der Waals surface area contributed by atoms with E-state index in [4.69, 9.17) is 42.6 Å². The molecule has 54 heavy (non-hydrogen) atoms. The van der Waals surface area contributed by atoms with Crippen LogP contribution in [-0.4, -0.2) is 89.2 Å². The van der Waals surface area contributed by atoms with E-state index in [-0.39, 0.29) is 36.2 Å². The SMILES string of the molecule is CNCOc1nc(-c2cccc(-c3cccc(-c4ccc(CN5CC6(CCC(=O)N6)C5)c(OCC#N)n4)c3Cl)c2Cl)ccc1CN1CC2(CCC(=O)N2)C1. The van der Waals surface area contributed by atoms with Gasteiger partial charge in [0.1, 0.15) is 12.8 Å². The molecule has 0 bridgehead atoms. The molecule has 4 aromatic rings. The highest BCUT2D eigenvalue weighted by atomic mass is 35.5. The van der Waals surface area contributed by atoms with E-state index in [0.29, 0.717) is 64.7 Å². The Labute approximate surface area is 323 Å². The van der Waals surface area contributed by atoms with Crippen LogP contribution in [0.2, 0.25) is 10.0 Å². The van der Waals surface area contributed by atoms with Gasteiger partial charge in [0.2, 0.25) is 23.6 Å². The maximum absolute atomic E-state index is 11.8. The standard InChI is InChI=1S/C40H40Cl2N8O4/c1-44-24-54-38-26(19-50-22-40(23-50)15-13-34(52)48-40)9-11-32(46-38)30-7-3-5-28(36(30)42)27-4-2-6-29(35(27)41)31-10-8-25(37(45-31)53-17-16-43)18-49-20-39(21-49)14-12-33(51)47-39/h2-11,44H,12-15,17-24H2,1H3,(H,47,51)(H,48,52). The van der Waals surface area contributed by atoms with Crippen molar-refractivity contribution in [2.45, 2.75) is 49.9 Å². The predicted molar refractivity (Wildman–Crippen MR) is 205 cm³/mol. The topological polar surface area (TPSA) is 145 Å². The minimum absolute atomic E-state index is 0.106. The lowest BCUT2D eigenvalue weighted by Gasteiger charge is -2.48. The highest BCUT2D eigenvalue weighted by Gasteiger charge is 2.48. The quantitative estimate of drug-likeness (QED) is 0.165. The monoisotopic (exact) mass is 766 g/mol. The molecule has 2 spiro atoms. The minimum Gasteiger partial charge on any atom is -0.462 e. The summed E-state index contributed by atoms with van der Waals surface area (Å²) in [7, 11) is 1.81. The van der Waals surface area contributed by atoms with E-state index in [0.717, 1.165) is 66.8 Å². The van der Waals surface area contributed by atoms with Crippen LogP contribution in [0.25, 0.3) is 33.6 Å². The number of hydrogen-bond acceptors (Lipinski definition) is 10. The molecular weight excluding hydrogens is 727 g/mol. The first-order valence-corrected chi connectivity index (χ1v) is 18.8. The maximum atomic E-state index is 11.8. The van der Waals surface area contributed by atoms with Gasteiger partial charge in [-0.15, -0.1) is 0 Å². The van der Waals surface area contributed by atoms with Crippen LogP contribution in [-0.2, 0) is 22.7 Å². The molecule has 0 radical (unpaired) electrons. The van der Waals surface area contributed by atoms with Gasteiger partial charge in [0.15, 0.2) is 6.61 Å². The van der Waals surface area contributed by atoms with Gasteiger partial charge in [-0.1, -0.05) is 71.7 Å². The molecule has 0 atom stereocenters. The van der Waals surface area contributed by atoms with Crippen LogP contribution in [0.4, 0.5) is 0 Å². The molecule has 0 unspecified atom stereocenters. The third-order valence-electron chi connectivity index (χ3n) is 10.7. The second-order valence-corrected chi connectivity index (χ2v) is 15.4. The van der Waals surface area contributed by atoms with Crippen LogP contribution >= 0.6 is 23.2 Å². The number of halogens is 2. The fraction of sp³-hybridized carbons (Fsp3) is 0.375. The molecule has 4 aliphatic rings. The van der Waals surface area contributed by atoms with E-state index in [1.807, 2.05) is 73.8 Å². The molecule has 0 saturated carbocycles. The third-order valence-corrected chi connectivity index (χ3v) is 11.5. The number of pyridine rings is 2. The summed E-state index contributed by atoms with van der Waals surface area (Å²) in [5.74, 6) is 1.12. The van der Waals surface area contributed by atoms with Crippen LogP contribution in [0.15, 0.2) is 60.7 Å². The zero-order chi connectivity index (χ0) is 37.5. The number of amides is 2. The molecule has 2 aromatic heterocycles. The number of carbonyl (C=O) groups excluding carboxylic acids is 2. The van der Waals surface area contributed by atoms with E-state index in [1.165, 1.54) is 0 Å². The van der Waals surface area contributed by atoms with Crippen molar-refractivity contribution in [3.8, 4) is 51.5 Å². The highest BCUT2D eigenvalue weighted by molar-refractivity contribution is 6.39. The van der Waals surface area contributed by atoms with Crippen molar-refractivity contribution >= 4 is 35.0 Å². The second kappa shape index (κ2) is 14.8. The van der Waals surface area contributed by atoms with Crippen molar-refractivity contribution < 1.29 is 19.1 Å². The lowest BCUT2D eigenvalue weighted by Crippen LogP contribution is -2.66. The van der Waals surface area contributed by atoms with Gasteiger partial charge in [-0.05, 0) is 32.0 Å². The number of benzene rings is 2. The van der Waals surface area contributed by atoms with E-state index in [1.54, 1.807) is 0 Å². The van der Waals surface area contributed by atoms with Gasteiger partial charge in [-0.3, -0.25) is 24.7 Å². The van der Waals surface area contributed by atoms with E-state index in [2.05, 4.69) is 25.8 Å². The number of nitrogens with zero attached hydrogens (tertiary/aromatic N) is 5. The van der Waals surface area contributed by atoms with Gasteiger partial charge in [0.25, 0.3) is 0 Å². The first-order chi connectivity index (χ1) is 26.2. The third kappa shape index (κ3) is 7.10. The number of aromatic nitrogens is 2. The Morgan fingerprint density at radius 2 is 1.20 bits per heavy atom. The van der Waals surface area contributed by atoms with Crippen LogP contribution in [0.5, 0.6) is 11.8 Å². The average Bonchev–Trinajstić information content (AvgIpc) is 3.73. The molecule has 3 N–H and O–H groups in total. The molecule has 2 amide bonds. The van der Waals surface area contributed by atoms with E-state index < -0.39 is 0 Å². The number of nitriles is 1. The minimum atomic E-state index is -0.144. The lowest BCUT2D eigenvalue weighted by atomic mass is 9.88. The number of carbonyl (C=O) groups is 2. The number of ether oxygens (including phenoxy) is 2. The number of rotatable bonds is 12. The normalized spacial score (nSPS) is 18.6. The first kappa shape index (κ1) is 36.2. The van der Waals surface area contributed by atoms with Crippen molar-refractivity contribution in [3.05, 3.63) is 81.8 Å². The van der Waals surface area contributed by atoms with Crippen LogP contribution in [0.3, 0.4) is 0 Å².